The van der Waals surface area contributed by atoms with Gasteiger partial charge in [0.1, 0.15) is 5.75 Å². The third-order valence-corrected chi connectivity index (χ3v) is 4.01. The van der Waals surface area contributed by atoms with Gasteiger partial charge in [-0.05, 0) is 37.5 Å². The fourth-order valence-electron chi connectivity index (χ4n) is 1.99. The fraction of sp³-hybridized carbons (Fsp3) is 0.562. The number of ether oxygens (including phenoxy) is 1. The van der Waals surface area contributed by atoms with Gasteiger partial charge in [0.15, 0.2) is 0 Å². The summed E-state index contributed by atoms with van der Waals surface area (Å²) in [5.74, 6) is 0.834. The highest BCUT2D eigenvalue weighted by Crippen LogP contribution is 2.24. The summed E-state index contributed by atoms with van der Waals surface area (Å²) in [6, 6.07) is 7.79. The van der Waals surface area contributed by atoms with E-state index in [0.717, 1.165) is 24.2 Å². The van der Waals surface area contributed by atoms with Gasteiger partial charge in [-0.15, -0.1) is 0 Å². The first-order chi connectivity index (χ1) is 9.50. The molecule has 0 aliphatic heterocycles. The number of benzene rings is 1. The van der Waals surface area contributed by atoms with Crippen molar-refractivity contribution >= 4 is 5.91 Å². The molecule has 0 bridgehead atoms. The quantitative estimate of drug-likeness (QED) is 0.806. The lowest BCUT2D eigenvalue weighted by molar-refractivity contribution is -0.130. The van der Waals surface area contributed by atoms with Crippen LogP contribution in [0.5, 0.6) is 5.75 Å². The molecule has 4 nitrogen and oxygen atoms in total. The van der Waals surface area contributed by atoms with E-state index in [9.17, 15) is 4.79 Å². The molecule has 0 aromatic heterocycles. The summed E-state index contributed by atoms with van der Waals surface area (Å²) >= 11 is 0. The van der Waals surface area contributed by atoms with E-state index in [-0.39, 0.29) is 11.9 Å². The lowest BCUT2D eigenvalue weighted by atomic mass is 9.86. The molecule has 0 aliphatic carbocycles. The number of carbonyl (C=O) groups excluding carboxylic acids is 1. The molecule has 3 N–H and O–H groups in total. The van der Waals surface area contributed by atoms with Crippen molar-refractivity contribution in [2.24, 2.45) is 11.1 Å². The molecular formula is C16H26N2O2. The molecule has 0 heterocycles. The molecular weight excluding hydrogens is 252 g/mol. The van der Waals surface area contributed by atoms with Gasteiger partial charge in [0, 0.05) is 6.54 Å². The van der Waals surface area contributed by atoms with Crippen molar-refractivity contribution in [3.8, 4) is 5.75 Å². The number of rotatable bonds is 7. The van der Waals surface area contributed by atoms with Crippen molar-refractivity contribution in [3.63, 3.8) is 0 Å². The second kappa shape index (κ2) is 7.29. The summed E-state index contributed by atoms with van der Waals surface area (Å²) < 4.78 is 5.15. The van der Waals surface area contributed by atoms with Gasteiger partial charge in [0.05, 0.1) is 18.6 Å². The third kappa shape index (κ3) is 3.73. The Labute approximate surface area is 121 Å². The van der Waals surface area contributed by atoms with Crippen LogP contribution in [0.3, 0.4) is 0 Å². The average molecular weight is 278 g/mol. The number of nitrogens with two attached hydrogens (primary N) is 1. The van der Waals surface area contributed by atoms with Crippen LogP contribution >= 0.6 is 0 Å². The standard InChI is InChI=1S/C16H26N2O2/c1-5-14(12-7-9-13(20-4)10-8-12)18-15(19)16(3,6-2)11-17/h7-10,14H,5-6,11,17H2,1-4H3,(H,18,19). The first kappa shape index (κ1) is 16.5. The van der Waals surface area contributed by atoms with Crippen LogP contribution in [0.1, 0.15) is 45.2 Å². The largest absolute Gasteiger partial charge is 0.497 e. The Kier molecular flexibility index (Phi) is 6.02. The van der Waals surface area contributed by atoms with Gasteiger partial charge in [-0.2, -0.15) is 0 Å². The monoisotopic (exact) mass is 278 g/mol. The van der Waals surface area contributed by atoms with E-state index < -0.39 is 5.41 Å². The molecule has 1 aromatic carbocycles. The number of hydrogen-bond donors (Lipinski definition) is 2. The van der Waals surface area contributed by atoms with Crippen LogP contribution in [-0.2, 0) is 4.79 Å². The molecule has 112 valence electrons. The molecule has 2 unspecified atom stereocenters. The van der Waals surface area contributed by atoms with Crippen molar-refractivity contribution in [2.45, 2.75) is 39.7 Å². The normalized spacial score (nSPS) is 15.2. The van der Waals surface area contributed by atoms with Crippen molar-refractivity contribution < 1.29 is 9.53 Å². The number of nitrogens with one attached hydrogen (secondary N) is 1. The molecule has 20 heavy (non-hydrogen) atoms. The summed E-state index contributed by atoms with van der Waals surface area (Å²) in [6.45, 7) is 6.30. The molecule has 0 fully saturated rings. The molecule has 0 aliphatic rings. The van der Waals surface area contributed by atoms with Crippen LogP contribution < -0.4 is 15.8 Å². The van der Waals surface area contributed by atoms with E-state index in [1.807, 2.05) is 38.1 Å². The summed E-state index contributed by atoms with van der Waals surface area (Å²) in [6.07, 6.45) is 1.57. The average Bonchev–Trinajstić information content (AvgIpc) is 2.51. The van der Waals surface area contributed by atoms with Gasteiger partial charge in [0.25, 0.3) is 0 Å². The minimum atomic E-state index is -0.500. The molecule has 0 spiro atoms. The van der Waals surface area contributed by atoms with Crippen LogP contribution in [0.2, 0.25) is 0 Å². The summed E-state index contributed by atoms with van der Waals surface area (Å²) in [7, 11) is 1.64. The van der Waals surface area contributed by atoms with Crippen molar-refractivity contribution in [1.82, 2.24) is 5.32 Å². The zero-order chi connectivity index (χ0) is 15.2. The van der Waals surface area contributed by atoms with Crippen LogP contribution in [0, 0.1) is 5.41 Å². The Balaban J connectivity index is 2.83. The first-order valence-corrected chi connectivity index (χ1v) is 7.15. The highest BCUT2D eigenvalue weighted by atomic mass is 16.5. The fourth-order valence-corrected chi connectivity index (χ4v) is 1.99. The molecule has 1 aromatic rings. The third-order valence-electron chi connectivity index (χ3n) is 4.01. The zero-order valence-corrected chi connectivity index (χ0v) is 12.9. The minimum Gasteiger partial charge on any atom is -0.497 e. The van der Waals surface area contributed by atoms with Gasteiger partial charge in [-0.25, -0.2) is 0 Å². The topological polar surface area (TPSA) is 64.4 Å². The van der Waals surface area contributed by atoms with E-state index in [4.69, 9.17) is 10.5 Å². The second-order valence-electron chi connectivity index (χ2n) is 5.33. The molecule has 0 saturated heterocycles. The molecule has 0 saturated carbocycles. The van der Waals surface area contributed by atoms with Crippen LogP contribution in [0.25, 0.3) is 0 Å². The number of methoxy groups -OCH3 is 1. The van der Waals surface area contributed by atoms with Crippen LogP contribution in [-0.4, -0.2) is 19.6 Å². The molecule has 4 heteroatoms. The Morgan fingerprint density at radius 2 is 1.95 bits per heavy atom. The summed E-state index contributed by atoms with van der Waals surface area (Å²) in [4.78, 5) is 12.4. The zero-order valence-electron chi connectivity index (χ0n) is 12.9. The maximum Gasteiger partial charge on any atom is 0.227 e. The highest BCUT2D eigenvalue weighted by Gasteiger charge is 2.31. The Morgan fingerprint density at radius 3 is 2.35 bits per heavy atom. The highest BCUT2D eigenvalue weighted by molar-refractivity contribution is 5.82. The minimum absolute atomic E-state index is 0.00540. The number of amides is 1. The Morgan fingerprint density at radius 1 is 1.35 bits per heavy atom. The predicted molar refractivity (Wildman–Crippen MR) is 81.6 cm³/mol. The lowest BCUT2D eigenvalue weighted by Gasteiger charge is -2.28. The summed E-state index contributed by atoms with van der Waals surface area (Å²) in [5, 5.41) is 3.10. The summed E-state index contributed by atoms with van der Waals surface area (Å²) in [5.41, 5.74) is 6.32. The number of hydrogen-bond acceptors (Lipinski definition) is 3. The van der Waals surface area contributed by atoms with Crippen molar-refractivity contribution in [2.75, 3.05) is 13.7 Å². The van der Waals surface area contributed by atoms with E-state index in [1.54, 1.807) is 7.11 Å². The van der Waals surface area contributed by atoms with Crippen molar-refractivity contribution in [3.05, 3.63) is 29.8 Å². The van der Waals surface area contributed by atoms with E-state index in [0.29, 0.717) is 6.54 Å². The molecule has 0 radical (unpaired) electrons. The maximum atomic E-state index is 12.4. The molecule has 2 atom stereocenters. The van der Waals surface area contributed by atoms with Crippen LogP contribution in [0.15, 0.2) is 24.3 Å². The van der Waals surface area contributed by atoms with Gasteiger partial charge >= 0.3 is 0 Å². The first-order valence-electron chi connectivity index (χ1n) is 7.15. The maximum absolute atomic E-state index is 12.4. The smallest absolute Gasteiger partial charge is 0.227 e. The lowest BCUT2D eigenvalue weighted by Crippen LogP contribution is -2.44. The van der Waals surface area contributed by atoms with Gasteiger partial charge in [-0.3, -0.25) is 4.79 Å². The van der Waals surface area contributed by atoms with Crippen LogP contribution in [0.4, 0.5) is 0 Å². The number of carbonyl (C=O) groups is 1. The second-order valence-corrected chi connectivity index (χ2v) is 5.33. The van der Waals surface area contributed by atoms with E-state index in [2.05, 4.69) is 12.2 Å². The van der Waals surface area contributed by atoms with E-state index in [1.165, 1.54) is 0 Å². The molecule has 1 rings (SSSR count). The van der Waals surface area contributed by atoms with Gasteiger partial charge in [0.2, 0.25) is 5.91 Å². The Hall–Kier alpha value is -1.55. The Bertz CT molecular complexity index is 425. The van der Waals surface area contributed by atoms with E-state index >= 15 is 0 Å². The SMILES string of the molecule is CCC(NC(=O)C(C)(CC)CN)c1ccc(OC)cc1. The predicted octanol–water partition coefficient (Wildman–Crippen LogP) is 2.64. The van der Waals surface area contributed by atoms with Gasteiger partial charge in [-0.1, -0.05) is 26.0 Å². The van der Waals surface area contributed by atoms with Crippen molar-refractivity contribution in [1.29, 1.82) is 0 Å². The molecule has 1 amide bonds. The van der Waals surface area contributed by atoms with Gasteiger partial charge < -0.3 is 15.8 Å².